The molecule has 252 valence electrons. The number of hydrogen-bond acceptors (Lipinski definition) is 9. The maximum absolute atomic E-state index is 14.2. The van der Waals surface area contributed by atoms with E-state index in [-0.39, 0.29) is 17.7 Å². The van der Waals surface area contributed by atoms with Crippen LogP contribution in [0.3, 0.4) is 0 Å². The van der Waals surface area contributed by atoms with Crippen LogP contribution >= 0.6 is 27.3 Å². The molecular weight excluding hydrogens is 708 g/mol. The van der Waals surface area contributed by atoms with Crippen LogP contribution in [0, 0.1) is 0 Å². The van der Waals surface area contributed by atoms with Gasteiger partial charge in [0.2, 0.25) is 0 Å². The van der Waals surface area contributed by atoms with E-state index in [1.807, 2.05) is 43.3 Å². The number of methoxy groups -OCH3 is 2. The number of benzene rings is 4. The number of allylic oxidation sites excluding steroid dienone is 1. The summed E-state index contributed by atoms with van der Waals surface area (Å²) >= 11 is 4.88. The molecule has 1 atom stereocenters. The van der Waals surface area contributed by atoms with Crippen LogP contribution in [-0.2, 0) is 16.1 Å². The molecule has 0 saturated carbocycles. The number of esters is 1. The fraction of sp³-hybridized carbons (Fsp3) is 0.237. The first kappa shape index (κ1) is 34.0. The van der Waals surface area contributed by atoms with E-state index in [0.29, 0.717) is 61.3 Å². The summed E-state index contributed by atoms with van der Waals surface area (Å²) in [6.07, 6.45) is 1.80. The molecule has 0 radical (unpaired) electrons. The summed E-state index contributed by atoms with van der Waals surface area (Å²) < 4.78 is 31.3. The van der Waals surface area contributed by atoms with Crippen LogP contribution < -0.4 is 33.8 Å². The highest BCUT2D eigenvalue weighted by Crippen LogP contribution is 2.41. The van der Waals surface area contributed by atoms with Gasteiger partial charge in [0, 0.05) is 4.47 Å². The normalized spacial score (nSPS) is 14.3. The second kappa shape index (κ2) is 14.7. The van der Waals surface area contributed by atoms with E-state index in [1.54, 1.807) is 39.2 Å². The predicted molar refractivity (Wildman–Crippen MR) is 194 cm³/mol. The number of hydrogen-bond donors (Lipinski definition) is 0. The van der Waals surface area contributed by atoms with Gasteiger partial charge in [-0.3, -0.25) is 9.36 Å². The molecule has 0 unspecified atom stereocenters. The van der Waals surface area contributed by atoms with Crippen LogP contribution in [0.2, 0.25) is 0 Å². The predicted octanol–water partition coefficient (Wildman–Crippen LogP) is 6.71. The zero-order chi connectivity index (χ0) is 34.7. The molecule has 4 aromatic carbocycles. The Bertz CT molecular complexity index is 2270. The molecule has 1 aliphatic heterocycles. The largest absolute Gasteiger partial charge is 0.493 e. The number of halogens is 1. The summed E-state index contributed by atoms with van der Waals surface area (Å²) in [7, 11) is 3.08. The van der Waals surface area contributed by atoms with Gasteiger partial charge in [-0.05, 0) is 78.6 Å². The summed E-state index contributed by atoms with van der Waals surface area (Å²) in [6, 6.07) is 22.6. The van der Waals surface area contributed by atoms with Gasteiger partial charge in [-0.25, -0.2) is 9.79 Å². The van der Waals surface area contributed by atoms with Crippen molar-refractivity contribution in [1.82, 2.24) is 4.57 Å². The molecule has 0 saturated heterocycles. The van der Waals surface area contributed by atoms with E-state index in [4.69, 9.17) is 28.7 Å². The average molecular weight is 744 g/mol. The first-order valence-corrected chi connectivity index (χ1v) is 17.4. The third kappa shape index (κ3) is 6.73. The molecule has 0 aliphatic carbocycles. The van der Waals surface area contributed by atoms with Gasteiger partial charge >= 0.3 is 5.97 Å². The first-order chi connectivity index (χ1) is 23.8. The molecule has 2 heterocycles. The molecule has 9 nitrogen and oxygen atoms in total. The minimum absolute atomic E-state index is 0.170. The summed E-state index contributed by atoms with van der Waals surface area (Å²) in [6.45, 7) is 6.37. The highest BCUT2D eigenvalue weighted by Gasteiger charge is 2.35. The minimum Gasteiger partial charge on any atom is -0.493 e. The molecule has 49 heavy (non-hydrogen) atoms. The number of carbonyl (C=O) groups excluding carboxylic acids is 1. The van der Waals surface area contributed by atoms with E-state index < -0.39 is 12.0 Å². The monoisotopic (exact) mass is 742 g/mol. The molecule has 1 aromatic heterocycles. The first-order valence-electron chi connectivity index (χ1n) is 15.7. The van der Waals surface area contributed by atoms with Gasteiger partial charge in [-0.2, -0.15) is 0 Å². The van der Waals surface area contributed by atoms with Crippen LogP contribution in [0.1, 0.15) is 43.5 Å². The standard InChI is InChI=1S/C38H35BrN2O7S/c1-6-46-32-17-23(15-16-29(32)48-21-25-13-10-12-24-11-8-9-14-26(24)25)18-33-36(42)41-35(27-19-30(44-4)31(45-5)20-28(27)39)34(37(43)47-7-2)22(3)40-38(41)49-33/h8-20,35H,6-7,21H2,1-5H3/b33-18-/t35-/m0/s1. The molecule has 0 bridgehead atoms. The van der Waals surface area contributed by atoms with Crippen molar-refractivity contribution in [2.75, 3.05) is 27.4 Å². The number of fused-ring (bicyclic) bond motifs is 2. The third-order valence-corrected chi connectivity index (χ3v) is 9.81. The molecule has 5 aromatic rings. The molecule has 0 fully saturated rings. The molecular formula is C38H35BrN2O7S. The maximum atomic E-state index is 14.2. The SMILES string of the molecule is CCOC(=O)C1=C(C)N=c2s/c(=C\c3ccc(OCc4cccc5ccccc45)c(OCC)c3)c(=O)n2[C@H]1c1cc(OC)c(OC)cc1Br. The van der Waals surface area contributed by atoms with Gasteiger partial charge in [0.15, 0.2) is 27.8 Å². The molecule has 1 aliphatic rings. The number of aromatic nitrogens is 1. The smallest absolute Gasteiger partial charge is 0.338 e. The van der Waals surface area contributed by atoms with Gasteiger partial charge < -0.3 is 23.7 Å². The number of nitrogens with zero attached hydrogens (tertiary/aromatic N) is 2. The number of ether oxygens (including phenoxy) is 5. The average Bonchev–Trinajstić information content (AvgIpc) is 3.40. The zero-order valence-electron chi connectivity index (χ0n) is 27.7. The van der Waals surface area contributed by atoms with Crippen molar-refractivity contribution in [3.8, 4) is 23.0 Å². The lowest BCUT2D eigenvalue weighted by atomic mass is 9.95. The van der Waals surface area contributed by atoms with Gasteiger partial charge in [-0.1, -0.05) is 75.8 Å². The fourth-order valence-corrected chi connectivity index (χ4v) is 7.48. The van der Waals surface area contributed by atoms with Crippen molar-refractivity contribution in [2.24, 2.45) is 4.99 Å². The summed E-state index contributed by atoms with van der Waals surface area (Å²) in [5, 5.41) is 2.28. The van der Waals surface area contributed by atoms with Gasteiger partial charge in [-0.15, -0.1) is 0 Å². The van der Waals surface area contributed by atoms with Crippen molar-refractivity contribution in [3.63, 3.8) is 0 Å². The van der Waals surface area contributed by atoms with Gasteiger partial charge in [0.25, 0.3) is 5.56 Å². The fourth-order valence-electron chi connectivity index (χ4n) is 5.89. The van der Waals surface area contributed by atoms with E-state index in [2.05, 4.69) is 40.2 Å². The molecule has 6 rings (SSSR count). The third-order valence-electron chi connectivity index (χ3n) is 8.14. The summed E-state index contributed by atoms with van der Waals surface area (Å²) in [5.41, 5.74) is 2.85. The zero-order valence-corrected chi connectivity index (χ0v) is 30.1. The Morgan fingerprint density at radius 3 is 2.43 bits per heavy atom. The highest BCUT2D eigenvalue weighted by atomic mass is 79.9. The molecule has 0 N–H and O–H groups in total. The van der Waals surface area contributed by atoms with Crippen molar-refractivity contribution < 1.29 is 28.5 Å². The second-order valence-corrected chi connectivity index (χ2v) is 13.0. The summed E-state index contributed by atoms with van der Waals surface area (Å²) in [4.78, 5) is 32.8. The highest BCUT2D eigenvalue weighted by molar-refractivity contribution is 9.10. The van der Waals surface area contributed by atoms with E-state index >= 15 is 0 Å². The maximum Gasteiger partial charge on any atom is 0.338 e. The second-order valence-electron chi connectivity index (χ2n) is 11.1. The van der Waals surface area contributed by atoms with Crippen LogP contribution in [-0.4, -0.2) is 38.0 Å². The lowest BCUT2D eigenvalue weighted by molar-refractivity contribution is -0.139. The van der Waals surface area contributed by atoms with Crippen LogP contribution in [0.15, 0.2) is 98.3 Å². The van der Waals surface area contributed by atoms with Crippen molar-refractivity contribution >= 4 is 50.1 Å². The Balaban J connectivity index is 1.41. The van der Waals surface area contributed by atoms with Crippen LogP contribution in [0.4, 0.5) is 0 Å². The molecule has 11 heteroatoms. The quantitative estimate of drug-likeness (QED) is 0.139. The lowest BCUT2D eigenvalue weighted by Crippen LogP contribution is -2.40. The van der Waals surface area contributed by atoms with E-state index in [0.717, 1.165) is 21.9 Å². The summed E-state index contributed by atoms with van der Waals surface area (Å²) in [5.74, 6) is 1.56. The van der Waals surface area contributed by atoms with E-state index in [9.17, 15) is 9.59 Å². The lowest BCUT2D eigenvalue weighted by Gasteiger charge is -2.26. The number of thiazole rings is 1. The minimum atomic E-state index is -0.838. The van der Waals surface area contributed by atoms with E-state index in [1.165, 1.54) is 23.0 Å². The Labute approximate surface area is 295 Å². The van der Waals surface area contributed by atoms with Crippen LogP contribution in [0.5, 0.6) is 23.0 Å². The molecule has 0 amide bonds. The van der Waals surface area contributed by atoms with Gasteiger partial charge in [0.05, 0.1) is 49.3 Å². The number of carbonyl (C=O) groups is 1. The van der Waals surface area contributed by atoms with Gasteiger partial charge in [0.1, 0.15) is 6.61 Å². The van der Waals surface area contributed by atoms with Crippen LogP contribution in [0.25, 0.3) is 16.8 Å². The molecule has 0 spiro atoms. The Morgan fingerprint density at radius 2 is 1.67 bits per heavy atom. The topological polar surface area (TPSA) is 97.6 Å². The Kier molecular flexibility index (Phi) is 10.2. The Morgan fingerprint density at radius 1 is 0.918 bits per heavy atom. The van der Waals surface area contributed by atoms with Crippen molar-refractivity contribution in [1.29, 1.82) is 0 Å². The number of rotatable bonds is 11. The van der Waals surface area contributed by atoms with Crippen molar-refractivity contribution in [3.05, 3.63) is 125 Å². The Hall–Kier alpha value is -4.87. The van der Waals surface area contributed by atoms with Crippen molar-refractivity contribution in [2.45, 2.75) is 33.4 Å².